The van der Waals surface area contributed by atoms with Gasteiger partial charge in [-0.1, -0.05) is 0 Å². The average Bonchev–Trinajstić information content (AvgIpc) is 3.47. The van der Waals surface area contributed by atoms with Gasteiger partial charge < -0.3 is 0 Å². The average molecular weight is 568 g/mol. The van der Waals surface area contributed by atoms with Crippen LogP contribution < -0.4 is 10.4 Å². The molecule has 0 amide bonds. The second-order valence-electron chi connectivity index (χ2n) is 10.1. The summed E-state index contributed by atoms with van der Waals surface area (Å²) in [5, 5.41) is 3.15. The van der Waals surface area contributed by atoms with Crippen molar-refractivity contribution in [3.8, 4) is 11.1 Å². The van der Waals surface area contributed by atoms with Gasteiger partial charge in [0.05, 0.1) is 0 Å². The first kappa shape index (κ1) is 23.1. The third-order valence-corrected chi connectivity index (χ3v) is 28.8. The van der Waals surface area contributed by atoms with E-state index in [0.29, 0.717) is 7.25 Å². The molecule has 176 valence electrons. The summed E-state index contributed by atoms with van der Waals surface area (Å²) in [6, 6.07) is 50.9. The van der Waals surface area contributed by atoms with Gasteiger partial charge in [-0.05, 0) is 0 Å². The summed E-state index contributed by atoms with van der Waals surface area (Å²) in [7, 11) is 0. The molecule has 0 heterocycles. The van der Waals surface area contributed by atoms with E-state index < -0.39 is 25.8 Å². The van der Waals surface area contributed by atoms with Crippen LogP contribution in [0.5, 0.6) is 0 Å². The summed E-state index contributed by atoms with van der Waals surface area (Å²) in [6.07, 6.45) is 2.49. The SMILES string of the molecule is CC1=Cc2ccccc2[CH]1[Zr]([CH]1c2ccccc2-c2ccccc21)=[Si](c1ccccc1)c1ccccc1. The van der Waals surface area contributed by atoms with Crippen molar-refractivity contribution < 1.29 is 20.4 Å². The van der Waals surface area contributed by atoms with E-state index in [1.165, 1.54) is 16.7 Å². The molecule has 0 saturated carbocycles. The Kier molecular flexibility index (Phi) is 6.04. The Hall–Kier alpha value is -3.06. The molecule has 0 N–H and O–H groups in total. The number of hydrogen-bond acceptors (Lipinski definition) is 0. The molecule has 0 fully saturated rings. The van der Waals surface area contributed by atoms with Crippen molar-refractivity contribution in [1.82, 2.24) is 0 Å². The van der Waals surface area contributed by atoms with Crippen LogP contribution in [0.25, 0.3) is 17.2 Å². The van der Waals surface area contributed by atoms with E-state index in [-0.39, 0.29) is 0 Å². The van der Waals surface area contributed by atoms with E-state index in [9.17, 15) is 0 Å². The van der Waals surface area contributed by atoms with Gasteiger partial charge in [-0.2, -0.15) is 0 Å². The molecule has 1 unspecified atom stereocenters. The zero-order chi connectivity index (χ0) is 24.8. The van der Waals surface area contributed by atoms with Gasteiger partial charge in [-0.3, -0.25) is 0 Å². The summed E-state index contributed by atoms with van der Waals surface area (Å²) in [5.74, 6) is 0. The van der Waals surface area contributed by atoms with E-state index in [1.807, 2.05) is 0 Å². The Bertz CT molecular complexity index is 1590. The van der Waals surface area contributed by atoms with Crippen molar-refractivity contribution in [3.05, 3.63) is 161 Å². The number of hydrogen-bond donors (Lipinski definition) is 0. The standard InChI is InChI=1S/C13H9.C12H10Si.C10H9.Zr/c1-3-7-12-10(5-1)9-11-6-2-4-8-13(11)12;1-3-7-11(8-4-1)13-12-9-5-2-6-10-12;1-8-6-9-4-2-3-5-10(9)7-8;/h1-9H;1-10H;2-7H,1H3;. The van der Waals surface area contributed by atoms with Crippen LogP contribution in [0.4, 0.5) is 0 Å². The van der Waals surface area contributed by atoms with Gasteiger partial charge in [0.1, 0.15) is 0 Å². The molecule has 0 spiro atoms. The van der Waals surface area contributed by atoms with Crippen molar-refractivity contribution in [1.29, 1.82) is 0 Å². The quantitative estimate of drug-likeness (QED) is 0.199. The van der Waals surface area contributed by atoms with E-state index >= 15 is 0 Å². The van der Waals surface area contributed by atoms with Crippen molar-refractivity contribution in [3.63, 3.8) is 0 Å². The van der Waals surface area contributed by atoms with Gasteiger partial charge >= 0.3 is 229 Å². The molecule has 1 atom stereocenters. The third-order valence-electron chi connectivity index (χ3n) is 8.01. The molecule has 0 bridgehead atoms. The van der Waals surface area contributed by atoms with Crippen molar-refractivity contribution in [2.75, 3.05) is 0 Å². The Balaban J connectivity index is 1.63. The van der Waals surface area contributed by atoms with Crippen LogP contribution in [-0.4, -0.2) is 5.43 Å². The molecule has 5 aromatic carbocycles. The fourth-order valence-corrected chi connectivity index (χ4v) is 31.5. The monoisotopic (exact) mass is 566 g/mol. The maximum atomic E-state index is 2.49. The Morgan fingerprint density at radius 3 is 1.51 bits per heavy atom. The van der Waals surface area contributed by atoms with Crippen LogP contribution >= 0.6 is 0 Å². The van der Waals surface area contributed by atoms with Crippen molar-refractivity contribution >= 4 is 21.9 Å². The zero-order valence-corrected chi connectivity index (χ0v) is 24.4. The van der Waals surface area contributed by atoms with E-state index in [4.69, 9.17) is 0 Å². The van der Waals surface area contributed by atoms with Gasteiger partial charge in [-0.15, -0.1) is 0 Å². The first-order chi connectivity index (χ1) is 18.3. The van der Waals surface area contributed by atoms with E-state index in [1.54, 1.807) is 32.6 Å². The van der Waals surface area contributed by atoms with Crippen molar-refractivity contribution in [2.24, 2.45) is 0 Å². The molecule has 0 radical (unpaired) electrons. The van der Waals surface area contributed by atoms with Crippen molar-refractivity contribution in [2.45, 2.75) is 14.2 Å². The summed E-state index contributed by atoms with van der Waals surface area (Å²) >= 11 is -2.50. The summed E-state index contributed by atoms with van der Waals surface area (Å²) in [6.45, 7) is 2.41. The molecule has 0 nitrogen and oxygen atoms in total. The fourth-order valence-electron chi connectivity index (χ4n) is 6.55. The normalized spacial score (nSPS) is 15.5. The molecule has 2 heteroatoms. The van der Waals surface area contributed by atoms with E-state index in [2.05, 4.69) is 146 Å². The maximum absolute atomic E-state index is 2.50. The predicted octanol–water partition coefficient (Wildman–Crippen LogP) is 7.34. The first-order valence-corrected chi connectivity index (χ1v) is 21.1. The molecule has 37 heavy (non-hydrogen) atoms. The van der Waals surface area contributed by atoms with Crippen LogP contribution in [0.3, 0.4) is 0 Å². The Morgan fingerprint density at radius 1 is 0.486 bits per heavy atom. The molecule has 7 rings (SSSR count). The Morgan fingerprint density at radius 2 is 0.946 bits per heavy atom. The number of benzene rings is 5. The predicted molar refractivity (Wildman–Crippen MR) is 154 cm³/mol. The Labute approximate surface area is 227 Å². The minimum atomic E-state index is -2.50. The molecule has 0 aromatic heterocycles. The zero-order valence-electron chi connectivity index (χ0n) is 20.9. The van der Waals surface area contributed by atoms with Gasteiger partial charge in [-0.25, -0.2) is 0 Å². The molecular formula is C35H28SiZr. The van der Waals surface area contributed by atoms with Crippen LogP contribution in [-0.2, 0) is 20.4 Å². The fraction of sp³-hybridized carbons (Fsp3) is 0.0857. The van der Waals surface area contributed by atoms with Gasteiger partial charge in [0.2, 0.25) is 0 Å². The van der Waals surface area contributed by atoms with Crippen LogP contribution in [0, 0.1) is 0 Å². The second kappa shape index (κ2) is 9.67. The molecule has 0 aliphatic heterocycles. The molecule has 2 aliphatic rings. The summed E-state index contributed by atoms with van der Waals surface area (Å²) < 4.78 is 1.10. The molecule has 0 saturated heterocycles. The summed E-state index contributed by atoms with van der Waals surface area (Å²) in [5.41, 5.74) is 9.64. The number of rotatable bonds is 4. The van der Waals surface area contributed by atoms with Crippen LogP contribution in [0.15, 0.2) is 139 Å². The molecule has 2 aliphatic carbocycles. The van der Waals surface area contributed by atoms with Gasteiger partial charge in [0.25, 0.3) is 0 Å². The summed E-state index contributed by atoms with van der Waals surface area (Å²) in [4.78, 5) is 0. The topological polar surface area (TPSA) is 0 Å². The number of allylic oxidation sites excluding steroid dienone is 1. The minimum absolute atomic E-state index is 0.531. The van der Waals surface area contributed by atoms with Crippen LogP contribution in [0.1, 0.15) is 36.4 Å². The third kappa shape index (κ3) is 3.90. The van der Waals surface area contributed by atoms with Crippen LogP contribution in [0.2, 0.25) is 0 Å². The number of fused-ring (bicyclic) bond motifs is 4. The second-order valence-corrected chi connectivity index (χ2v) is 24.2. The van der Waals surface area contributed by atoms with Gasteiger partial charge in [0, 0.05) is 0 Å². The first-order valence-electron chi connectivity index (χ1n) is 13.1. The van der Waals surface area contributed by atoms with Gasteiger partial charge in [0.15, 0.2) is 0 Å². The molecule has 5 aromatic rings. The molecular weight excluding hydrogens is 540 g/mol. The van der Waals surface area contributed by atoms with E-state index in [0.717, 1.165) is 0 Å².